The van der Waals surface area contributed by atoms with Crippen LogP contribution < -0.4 is 10.6 Å². The van der Waals surface area contributed by atoms with Crippen LogP contribution in [0.4, 0.5) is 0 Å². The summed E-state index contributed by atoms with van der Waals surface area (Å²) in [6.45, 7) is 16.4. The van der Waals surface area contributed by atoms with Crippen molar-refractivity contribution >= 4 is 29.9 Å². The first-order chi connectivity index (χ1) is 9.52. The average molecular weight is 410 g/mol. The summed E-state index contributed by atoms with van der Waals surface area (Å²) in [5, 5.41) is 6.85. The van der Waals surface area contributed by atoms with Crippen molar-refractivity contribution in [1.82, 2.24) is 15.5 Å². The largest absolute Gasteiger partial charge is 0.357 e. The molecule has 126 valence electrons. The van der Waals surface area contributed by atoms with Gasteiger partial charge in [0.1, 0.15) is 0 Å². The summed E-state index contributed by atoms with van der Waals surface area (Å²) in [6.07, 6.45) is 2.66. The maximum absolute atomic E-state index is 4.63. The summed E-state index contributed by atoms with van der Waals surface area (Å²) < 4.78 is 0. The monoisotopic (exact) mass is 410 g/mol. The standard InChI is InChI=1S/C16H34N4.HI/c1-6-17-16(18-10-13(2)3)19-11-15-8-7-9-20(12-15)14(4)5;/h13-15H,6-12H2,1-5H3,(H2,17,18,19);1H. The molecule has 1 rings (SSSR count). The Bertz CT molecular complexity index is 292. The molecule has 4 nitrogen and oxygen atoms in total. The van der Waals surface area contributed by atoms with Crippen LogP contribution in [0, 0.1) is 11.8 Å². The minimum atomic E-state index is 0. The number of likely N-dealkylation sites (tertiary alicyclic amines) is 1. The van der Waals surface area contributed by atoms with E-state index >= 15 is 0 Å². The van der Waals surface area contributed by atoms with E-state index in [0.29, 0.717) is 12.0 Å². The molecular formula is C16H35IN4. The molecule has 0 aromatic rings. The molecule has 0 bridgehead atoms. The maximum Gasteiger partial charge on any atom is 0.191 e. The third-order valence-electron chi connectivity index (χ3n) is 3.80. The van der Waals surface area contributed by atoms with Crippen LogP contribution in [0.15, 0.2) is 4.99 Å². The number of hydrogen-bond donors (Lipinski definition) is 2. The maximum atomic E-state index is 4.63. The van der Waals surface area contributed by atoms with E-state index in [1.165, 1.54) is 25.9 Å². The predicted molar refractivity (Wildman–Crippen MR) is 104 cm³/mol. The Labute approximate surface area is 148 Å². The molecule has 5 heteroatoms. The molecule has 0 aromatic carbocycles. The van der Waals surface area contributed by atoms with Gasteiger partial charge in [-0.3, -0.25) is 4.99 Å². The Morgan fingerprint density at radius 2 is 1.95 bits per heavy atom. The fourth-order valence-corrected chi connectivity index (χ4v) is 2.59. The Balaban J connectivity index is 0.00000400. The SMILES string of the molecule is CCNC(=NCC(C)C)NCC1CCCN(C(C)C)C1.I. The van der Waals surface area contributed by atoms with E-state index in [2.05, 4.69) is 55.1 Å². The van der Waals surface area contributed by atoms with E-state index in [0.717, 1.165) is 31.5 Å². The van der Waals surface area contributed by atoms with Crippen LogP contribution in [0.5, 0.6) is 0 Å². The number of rotatable bonds is 6. The molecule has 1 heterocycles. The minimum Gasteiger partial charge on any atom is -0.357 e. The van der Waals surface area contributed by atoms with Gasteiger partial charge >= 0.3 is 0 Å². The number of nitrogens with zero attached hydrogens (tertiary/aromatic N) is 2. The first-order valence-electron chi connectivity index (χ1n) is 8.29. The molecule has 1 unspecified atom stereocenters. The second-order valence-electron chi connectivity index (χ2n) is 6.59. The van der Waals surface area contributed by atoms with Gasteiger partial charge in [0.15, 0.2) is 5.96 Å². The van der Waals surface area contributed by atoms with Crippen molar-refractivity contribution in [3.8, 4) is 0 Å². The molecule has 0 amide bonds. The summed E-state index contributed by atoms with van der Waals surface area (Å²) in [5.41, 5.74) is 0. The Morgan fingerprint density at radius 1 is 1.24 bits per heavy atom. The van der Waals surface area contributed by atoms with Crippen LogP contribution in [0.25, 0.3) is 0 Å². The van der Waals surface area contributed by atoms with Crippen LogP contribution in [0.1, 0.15) is 47.5 Å². The number of hydrogen-bond acceptors (Lipinski definition) is 2. The first-order valence-corrected chi connectivity index (χ1v) is 8.29. The van der Waals surface area contributed by atoms with Gasteiger partial charge in [0.25, 0.3) is 0 Å². The Kier molecular flexibility index (Phi) is 11.5. The second kappa shape index (κ2) is 11.5. The molecule has 1 aliphatic heterocycles. The van der Waals surface area contributed by atoms with Gasteiger partial charge in [-0.05, 0) is 52.0 Å². The molecule has 0 saturated carbocycles. The molecule has 2 N–H and O–H groups in total. The summed E-state index contributed by atoms with van der Waals surface area (Å²) in [7, 11) is 0. The summed E-state index contributed by atoms with van der Waals surface area (Å²) in [6, 6.07) is 0.667. The number of aliphatic imine (C=N–C) groups is 1. The molecule has 1 aliphatic rings. The fraction of sp³-hybridized carbons (Fsp3) is 0.938. The lowest BCUT2D eigenvalue weighted by atomic mass is 9.97. The number of halogens is 1. The van der Waals surface area contributed by atoms with Crippen LogP contribution in [0.2, 0.25) is 0 Å². The van der Waals surface area contributed by atoms with Crippen LogP contribution >= 0.6 is 24.0 Å². The Morgan fingerprint density at radius 3 is 2.52 bits per heavy atom. The van der Waals surface area contributed by atoms with Gasteiger partial charge in [0.2, 0.25) is 0 Å². The summed E-state index contributed by atoms with van der Waals surface area (Å²) in [5.74, 6) is 2.33. The molecule has 1 fully saturated rings. The fourth-order valence-electron chi connectivity index (χ4n) is 2.59. The lowest BCUT2D eigenvalue weighted by Gasteiger charge is -2.35. The van der Waals surface area contributed by atoms with Gasteiger partial charge in [-0.1, -0.05) is 13.8 Å². The van der Waals surface area contributed by atoms with Crippen molar-refractivity contribution in [3.05, 3.63) is 0 Å². The first kappa shape index (κ1) is 21.0. The van der Waals surface area contributed by atoms with Crippen molar-refractivity contribution in [3.63, 3.8) is 0 Å². The smallest absolute Gasteiger partial charge is 0.191 e. The predicted octanol–water partition coefficient (Wildman–Crippen LogP) is 2.94. The zero-order valence-corrected chi connectivity index (χ0v) is 16.8. The normalized spacial score (nSPS) is 20.5. The quantitative estimate of drug-likeness (QED) is 0.402. The molecule has 0 radical (unpaired) electrons. The molecular weight excluding hydrogens is 375 g/mol. The van der Waals surface area contributed by atoms with E-state index in [1.807, 2.05) is 0 Å². The average Bonchev–Trinajstić information content (AvgIpc) is 2.42. The highest BCUT2D eigenvalue weighted by atomic mass is 127. The van der Waals surface area contributed by atoms with Gasteiger partial charge in [-0.25, -0.2) is 0 Å². The van der Waals surface area contributed by atoms with Crippen molar-refractivity contribution in [2.24, 2.45) is 16.8 Å². The summed E-state index contributed by atoms with van der Waals surface area (Å²) in [4.78, 5) is 7.22. The summed E-state index contributed by atoms with van der Waals surface area (Å²) >= 11 is 0. The van der Waals surface area contributed by atoms with E-state index in [-0.39, 0.29) is 24.0 Å². The van der Waals surface area contributed by atoms with Crippen molar-refractivity contribution in [1.29, 1.82) is 0 Å². The minimum absolute atomic E-state index is 0. The molecule has 0 aliphatic carbocycles. The van der Waals surface area contributed by atoms with Gasteiger partial charge < -0.3 is 15.5 Å². The lowest BCUT2D eigenvalue weighted by molar-refractivity contribution is 0.141. The van der Waals surface area contributed by atoms with Gasteiger partial charge in [-0.2, -0.15) is 0 Å². The number of nitrogens with one attached hydrogen (secondary N) is 2. The van der Waals surface area contributed by atoms with Gasteiger partial charge in [0.05, 0.1) is 0 Å². The highest BCUT2D eigenvalue weighted by molar-refractivity contribution is 14.0. The third kappa shape index (κ3) is 8.86. The van der Waals surface area contributed by atoms with Crippen molar-refractivity contribution < 1.29 is 0 Å². The van der Waals surface area contributed by atoms with Gasteiger partial charge in [0, 0.05) is 32.2 Å². The topological polar surface area (TPSA) is 39.7 Å². The molecule has 21 heavy (non-hydrogen) atoms. The van der Waals surface area contributed by atoms with E-state index in [1.54, 1.807) is 0 Å². The molecule has 0 aromatic heterocycles. The van der Waals surface area contributed by atoms with Crippen LogP contribution in [-0.2, 0) is 0 Å². The zero-order chi connectivity index (χ0) is 15.0. The third-order valence-corrected chi connectivity index (χ3v) is 3.80. The highest BCUT2D eigenvalue weighted by Crippen LogP contribution is 2.17. The van der Waals surface area contributed by atoms with Crippen molar-refractivity contribution in [2.45, 2.75) is 53.5 Å². The van der Waals surface area contributed by atoms with Crippen LogP contribution in [-0.4, -0.2) is 49.6 Å². The van der Waals surface area contributed by atoms with E-state index in [9.17, 15) is 0 Å². The zero-order valence-electron chi connectivity index (χ0n) is 14.5. The van der Waals surface area contributed by atoms with E-state index < -0.39 is 0 Å². The Hall–Kier alpha value is -0.0400. The van der Waals surface area contributed by atoms with Crippen LogP contribution in [0.3, 0.4) is 0 Å². The second-order valence-corrected chi connectivity index (χ2v) is 6.59. The highest BCUT2D eigenvalue weighted by Gasteiger charge is 2.21. The lowest BCUT2D eigenvalue weighted by Crippen LogP contribution is -2.46. The molecule has 0 spiro atoms. The van der Waals surface area contributed by atoms with Crippen molar-refractivity contribution in [2.75, 3.05) is 32.7 Å². The number of guanidine groups is 1. The molecule has 1 atom stereocenters. The number of piperidine rings is 1. The van der Waals surface area contributed by atoms with E-state index in [4.69, 9.17) is 0 Å². The molecule has 1 saturated heterocycles. The van der Waals surface area contributed by atoms with Gasteiger partial charge in [-0.15, -0.1) is 24.0 Å².